The zero-order valence-corrected chi connectivity index (χ0v) is 15.6. The summed E-state index contributed by atoms with van der Waals surface area (Å²) in [4.78, 5) is 7.11. The molecule has 1 heterocycles. The summed E-state index contributed by atoms with van der Waals surface area (Å²) in [5.41, 5.74) is 9.54. The number of aryl methyl sites for hydroxylation is 1. The van der Waals surface area contributed by atoms with Crippen LogP contribution in [-0.4, -0.2) is 37.6 Å². The van der Waals surface area contributed by atoms with Crippen LogP contribution in [0.1, 0.15) is 30.0 Å². The van der Waals surface area contributed by atoms with Crippen molar-refractivity contribution in [1.82, 2.24) is 4.90 Å². The van der Waals surface area contributed by atoms with Crippen LogP contribution < -0.4 is 15.8 Å². The first-order valence-electron chi connectivity index (χ1n) is 9.17. The van der Waals surface area contributed by atoms with E-state index in [9.17, 15) is 0 Å². The quantitative estimate of drug-likeness (QED) is 0.616. The zero-order valence-electron chi connectivity index (χ0n) is 15.6. The van der Waals surface area contributed by atoms with E-state index in [1.54, 1.807) is 7.11 Å². The Balaban J connectivity index is 1.71. The molecule has 26 heavy (non-hydrogen) atoms. The first kappa shape index (κ1) is 18.3. The second kappa shape index (κ2) is 8.72. The number of likely N-dealkylation sites (tertiary alicyclic amines) is 1. The molecule has 1 atom stereocenters. The molecule has 3 N–H and O–H groups in total. The highest BCUT2D eigenvalue weighted by atomic mass is 16.5. The molecule has 2 aromatic rings. The Bertz CT molecular complexity index is 719. The average molecular weight is 352 g/mol. The van der Waals surface area contributed by atoms with Crippen LogP contribution in [0.3, 0.4) is 0 Å². The number of guanidine groups is 1. The maximum atomic E-state index is 6.11. The van der Waals surface area contributed by atoms with E-state index < -0.39 is 0 Å². The molecule has 0 amide bonds. The third kappa shape index (κ3) is 4.76. The fourth-order valence-corrected chi connectivity index (χ4v) is 3.32. The van der Waals surface area contributed by atoms with Crippen molar-refractivity contribution in [2.75, 3.05) is 32.1 Å². The first-order valence-corrected chi connectivity index (χ1v) is 9.17. The normalized spacial score (nSPS) is 16.5. The molecule has 1 unspecified atom stereocenters. The number of hydrogen-bond acceptors (Lipinski definition) is 3. The fraction of sp³-hybridized carbons (Fsp3) is 0.381. The summed E-state index contributed by atoms with van der Waals surface area (Å²) in [5, 5.41) is 3.17. The molecule has 3 rings (SSSR count). The molecule has 138 valence electrons. The highest BCUT2D eigenvalue weighted by molar-refractivity contribution is 5.92. The summed E-state index contributed by atoms with van der Waals surface area (Å²) in [5.74, 6) is 1.32. The van der Waals surface area contributed by atoms with Crippen molar-refractivity contribution in [3.05, 3.63) is 59.7 Å². The van der Waals surface area contributed by atoms with Crippen LogP contribution in [-0.2, 0) is 0 Å². The molecule has 0 radical (unpaired) electrons. The van der Waals surface area contributed by atoms with E-state index in [1.807, 2.05) is 24.3 Å². The Morgan fingerprint density at radius 1 is 1.12 bits per heavy atom. The van der Waals surface area contributed by atoms with Crippen molar-refractivity contribution >= 4 is 11.6 Å². The summed E-state index contributed by atoms with van der Waals surface area (Å²) in [6.07, 6.45) is 2.49. The predicted molar refractivity (Wildman–Crippen MR) is 108 cm³/mol. The number of aliphatic imine (C=N–C) groups is 1. The number of nitrogens with zero attached hydrogens (tertiary/aromatic N) is 2. The van der Waals surface area contributed by atoms with Crippen molar-refractivity contribution in [3.8, 4) is 5.75 Å². The van der Waals surface area contributed by atoms with Gasteiger partial charge in [-0.1, -0.05) is 29.8 Å². The number of ether oxygens (including phenoxy) is 1. The minimum absolute atomic E-state index is 0.238. The maximum absolute atomic E-state index is 6.11. The molecule has 0 saturated carbocycles. The summed E-state index contributed by atoms with van der Waals surface area (Å²) < 4.78 is 5.28. The second-order valence-electron chi connectivity index (χ2n) is 6.75. The monoisotopic (exact) mass is 352 g/mol. The summed E-state index contributed by atoms with van der Waals surface area (Å²) >= 11 is 0. The first-order chi connectivity index (χ1) is 12.7. The number of rotatable bonds is 6. The molecule has 2 aromatic carbocycles. The van der Waals surface area contributed by atoms with Gasteiger partial charge in [0.05, 0.1) is 19.7 Å². The number of anilines is 1. The van der Waals surface area contributed by atoms with Crippen LogP contribution in [0.2, 0.25) is 0 Å². The van der Waals surface area contributed by atoms with Gasteiger partial charge in [0.1, 0.15) is 5.75 Å². The standard InChI is InChI=1S/C21H28N4O/c1-16-5-9-18(10-6-16)24-21(22)23-15-20(25-13-3-4-14-25)17-7-11-19(26-2)12-8-17/h5-12,20H,3-4,13-15H2,1-2H3,(H3,22,23,24). The predicted octanol–water partition coefficient (Wildman–Crippen LogP) is 3.57. The van der Waals surface area contributed by atoms with Crippen LogP contribution in [0, 0.1) is 6.92 Å². The van der Waals surface area contributed by atoms with Gasteiger partial charge in [0.25, 0.3) is 0 Å². The van der Waals surface area contributed by atoms with Gasteiger partial charge in [-0.25, -0.2) is 0 Å². The Kier molecular flexibility index (Phi) is 6.12. The van der Waals surface area contributed by atoms with Gasteiger partial charge in [0.15, 0.2) is 5.96 Å². The molecule has 0 spiro atoms. The van der Waals surface area contributed by atoms with Crippen LogP contribution in [0.25, 0.3) is 0 Å². The van der Waals surface area contributed by atoms with E-state index in [1.165, 1.54) is 24.0 Å². The molecular weight excluding hydrogens is 324 g/mol. The minimum Gasteiger partial charge on any atom is -0.497 e. The van der Waals surface area contributed by atoms with E-state index >= 15 is 0 Å². The molecule has 1 saturated heterocycles. The Hall–Kier alpha value is -2.53. The van der Waals surface area contributed by atoms with Gasteiger partial charge in [-0.05, 0) is 62.7 Å². The molecule has 1 fully saturated rings. The number of hydrogen-bond donors (Lipinski definition) is 2. The van der Waals surface area contributed by atoms with Gasteiger partial charge >= 0.3 is 0 Å². The van der Waals surface area contributed by atoms with Crippen LogP contribution in [0.15, 0.2) is 53.5 Å². The Morgan fingerprint density at radius 3 is 2.38 bits per heavy atom. The molecule has 0 bridgehead atoms. The smallest absolute Gasteiger partial charge is 0.193 e. The topological polar surface area (TPSA) is 62.9 Å². The molecular formula is C21H28N4O. The van der Waals surface area contributed by atoms with Crippen molar-refractivity contribution in [1.29, 1.82) is 0 Å². The van der Waals surface area contributed by atoms with Crippen molar-refractivity contribution < 1.29 is 4.74 Å². The molecule has 0 aliphatic carbocycles. The third-order valence-corrected chi connectivity index (χ3v) is 4.84. The molecule has 5 nitrogen and oxygen atoms in total. The SMILES string of the molecule is COc1ccc(C(CN=C(N)Nc2ccc(C)cc2)N2CCCC2)cc1. The minimum atomic E-state index is 0.238. The molecule has 5 heteroatoms. The van der Waals surface area contributed by atoms with Crippen molar-refractivity contribution in [2.45, 2.75) is 25.8 Å². The lowest BCUT2D eigenvalue weighted by atomic mass is 10.1. The highest BCUT2D eigenvalue weighted by Gasteiger charge is 2.23. The summed E-state index contributed by atoms with van der Waals surface area (Å²) in [6.45, 7) is 4.92. The second-order valence-corrected chi connectivity index (χ2v) is 6.75. The van der Waals surface area contributed by atoms with Gasteiger partial charge in [0, 0.05) is 5.69 Å². The Labute approximate surface area is 155 Å². The van der Waals surface area contributed by atoms with E-state index in [-0.39, 0.29) is 6.04 Å². The van der Waals surface area contributed by atoms with Gasteiger partial charge < -0.3 is 15.8 Å². The number of nitrogens with one attached hydrogen (secondary N) is 1. The van der Waals surface area contributed by atoms with E-state index in [0.717, 1.165) is 24.5 Å². The average Bonchev–Trinajstić information content (AvgIpc) is 3.19. The number of methoxy groups -OCH3 is 1. The lowest BCUT2D eigenvalue weighted by Gasteiger charge is -2.27. The highest BCUT2D eigenvalue weighted by Crippen LogP contribution is 2.27. The largest absolute Gasteiger partial charge is 0.497 e. The van der Waals surface area contributed by atoms with Gasteiger partial charge in [-0.2, -0.15) is 0 Å². The van der Waals surface area contributed by atoms with Crippen molar-refractivity contribution in [3.63, 3.8) is 0 Å². The van der Waals surface area contributed by atoms with E-state index in [4.69, 9.17) is 10.5 Å². The summed E-state index contributed by atoms with van der Waals surface area (Å²) in [7, 11) is 1.69. The fourth-order valence-electron chi connectivity index (χ4n) is 3.32. The lowest BCUT2D eigenvalue weighted by Crippen LogP contribution is -2.30. The molecule has 1 aliphatic rings. The Morgan fingerprint density at radius 2 is 1.77 bits per heavy atom. The lowest BCUT2D eigenvalue weighted by molar-refractivity contribution is 0.251. The van der Waals surface area contributed by atoms with Gasteiger partial charge in [0.2, 0.25) is 0 Å². The molecule has 0 aromatic heterocycles. The number of nitrogens with two attached hydrogens (primary N) is 1. The third-order valence-electron chi connectivity index (χ3n) is 4.84. The van der Waals surface area contributed by atoms with Crippen molar-refractivity contribution in [2.24, 2.45) is 10.7 Å². The number of benzene rings is 2. The maximum Gasteiger partial charge on any atom is 0.193 e. The van der Waals surface area contributed by atoms with Gasteiger partial charge in [-0.3, -0.25) is 9.89 Å². The zero-order chi connectivity index (χ0) is 18.4. The summed E-state index contributed by atoms with van der Waals surface area (Å²) in [6, 6.07) is 16.6. The van der Waals surface area contributed by atoms with Crippen LogP contribution in [0.5, 0.6) is 5.75 Å². The molecule has 1 aliphatic heterocycles. The van der Waals surface area contributed by atoms with Gasteiger partial charge in [-0.15, -0.1) is 0 Å². The van der Waals surface area contributed by atoms with E-state index in [0.29, 0.717) is 12.5 Å². The van der Waals surface area contributed by atoms with Crippen LogP contribution in [0.4, 0.5) is 5.69 Å². The van der Waals surface area contributed by atoms with Crippen LogP contribution >= 0.6 is 0 Å². The van der Waals surface area contributed by atoms with E-state index in [2.05, 4.69) is 46.4 Å².